The molecular weight excluding hydrogens is 379 g/mol. The Hall–Kier alpha value is -2.49. The van der Waals surface area contributed by atoms with E-state index < -0.39 is 24.5 Å². The number of halogens is 3. The molecule has 0 radical (unpaired) electrons. The molecule has 154 valence electrons. The maximum atomic E-state index is 12.4. The minimum Gasteiger partial charge on any atom is -0.486 e. The van der Waals surface area contributed by atoms with Crippen LogP contribution in [0.25, 0.3) is 0 Å². The molecule has 0 aliphatic carbocycles. The van der Waals surface area contributed by atoms with Crippen LogP contribution in [0.3, 0.4) is 0 Å². The van der Waals surface area contributed by atoms with Gasteiger partial charge in [0.05, 0.1) is 6.54 Å². The minimum absolute atomic E-state index is 0.0514. The van der Waals surface area contributed by atoms with Crippen molar-refractivity contribution in [3.05, 3.63) is 18.2 Å². The molecule has 2 aliphatic heterocycles. The van der Waals surface area contributed by atoms with Gasteiger partial charge in [-0.2, -0.15) is 13.2 Å². The summed E-state index contributed by atoms with van der Waals surface area (Å²) in [4.78, 5) is 25.4. The highest BCUT2D eigenvalue weighted by Gasteiger charge is 2.32. The van der Waals surface area contributed by atoms with E-state index in [1.54, 1.807) is 18.2 Å². The van der Waals surface area contributed by atoms with E-state index in [0.29, 0.717) is 56.3 Å². The number of benzene rings is 1. The molecule has 7 nitrogen and oxygen atoms in total. The van der Waals surface area contributed by atoms with E-state index >= 15 is 0 Å². The predicted molar refractivity (Wildman–Crippen MR) is 94.3 cm³/mol. The fourth-order valence-corrected chi connectivity index (χ4v) is 3.23. The maximum absolute atomic E-state index is 12.4. The monoisotopic (exact) mass is 401 g/mol. The quantitative estimate of drug-likeness (QED) is 0.752. The van der Waals surface area contributed by atoms with Gasteiger partial charge in [0.2, 0.25) is 0 Å². The van der Waals surface area contributed by atoms with E-state index in [-0.39, 0.29) is 12.5 Å². The van der Waals surface area contributed by atoms with Crippen molar-refractivity contribution in [2.75, 3.05) is 44.7 Å². The molecule has 28 heavy (non-hydrogen) atoms. The van der Waals surface area contributed by atoms with Gasteiger partial charge in [0, 0.05) is 18.3 Å². The number of piperidine rings is 1. The molecule has 0 atom stereocenters. The highest BCUT2D eigenvalue weighted by molar-refractivity contribution is 6.39. The first-order chi connectivity index (χ1) is 13.3. The summed E-state index contributed by atoms with van der Waals surface area (Å²) in [5, 5.41) is 5.04. The Morgan fingerprint density at radius 3 is 2.43 bits per heavy atom. The van der Waals surface area contributed by atoms with Crippen molar-refractivity contribution in [3.63, 3.8) is 0 Å². The minimum atomic E-state index is -4.20. The number of ether oxygens (including phenoxy) is 2. The zero-order chi connectivity index (χ0) is 20.1. The molecule has 10 heteroatoms. The topological polar surface area (TPSA) is 79.9 Å². The average Bonchev–Trinajstić information content (AvgIpc) is 2.66. The normalized spacial score (nSPS) is 17.8. The molecule has 1 fully saturated rings. The van der Waals surface area contributed by atoms with Crippen LogP contribution in [0, 0.1) is 5.92 Å². The number of hydrogen-bond donors (Lipinski definition) is 2. The van der Waals surface area contributed by atoms with Crippen LogP contribution in [0.15, 0.2) is 18.2 Å². The summed E-state index contributed by atoms with van der Waals surface area (Å²) in [5.74, 6) is -0.477. The number of alkyl halides is 3. The molecule has 0 saturated carbocycles. The molecule has 2 N–H and O–H groups in total. The largest absolute Gasteiger partial charge is 0.486 e. The van der Waals surface area contributed by atoms with E-state index in [4.69, 9.17) is 9.47 Å². The van der Waals surface area contributed by atoms with Gasteiger partial charge in [-0.15, -0.1) is 0 Å². The molecule has 2 aliphatic rings. The first kappa shape index (κ1) is 20.2. The first-order valence-corrected chi connectivity index (χ1v) is 9.08. The molecule has 1 saturated heterocycles. The zero-order valence-corrected chi connectivity index (χ0v) is 15.2. The molecule has 1 aromatic rings. The molecule has 0 unspecified atom stereocenters. The molecule has 0 bridgehead atoms. The molecule has 2 amide bonds. The van der Waals surface area contributed by atoms with Crippen molar-refractivity contribution < 1.29 is 32.2 Å². The summed E-state index contributed by atoms with van der Waals surface area (Å²) in [6.07, 6.45) is -3.12. The summed E-state index contributed by atoms with van der Waals surface area (Å²) < 4.78 is 48.0. The number of carbonyl (C=O) groups excluding carboxylic acids is 2. The lowest BCUT2D eigenvalue weighted by molar-refractivity contribution is -0.148. The van der Waals surface area contributed by atoms with Gasteiger partial charge in [-0.05, 0) is 44.0 Å². The number of amides is 2. The summed E-state index contributed by atoms with van der Waals surface area (Å²) in [6, 6.07) is 4.84. The summed E-state index contributed by atoms with van der Waals surface area (Å²) >= 11 is 0. The van der Waals surface area contributed by atoms with Gasteiger partial charge in [-0.1, -0.05) is 0 Å². The van der Waals surface area contributed by atoms with E-state index in [1.165, 1.54) is 4.90 Å². The zero-order valence-electron chi connectivity index (χ0n) is 15.2. The molecule has 3 rings (SSSR count). The summed E-state index contributed by atoms with van der Waals surface area (Å²) in [6.45, 7) is 0.854. The Labute approximate surface area is 160 Å². The molecule has 0 spiro atoms. The lowest BCUT2D eigenvalue weighted by Gasteiger charge is -2.32. The van der Waals surface area contributed by atoms with Crippen molar-refractivity contribution in [2.45, 2.75) is 19.0 Å². The molecule has 0 aromatic heterocycles. The van der Waals surface area contributed by atoms with E-state index in [1.807, 2.05) is 0 Å². The van der Waals surface area contributed by atoms with Crippen LogP contribution in [0.1, 0.15) is 12.8 Å². The van der Waals surface area contributed by atoms with Crippen LogP contribution in [-0.4, -0.2) is 62.3 Å². The standard InChI is InChI=1S/C18H22F3N3O4/c19-18(20,21)11-24-5-3-12(4-6-24)10-22-16(25)17(26)23-13-1-2-14-15(9-13)28-8-7-27-14/h1-2,9,12H,3-8,10-11H2,(H,22,25)(H,23,26). The first-order valence-electron chi connectivity index (χ1n) is 9.08. The van der Waals surface area contributed by atoms with Crippen LogP contribution in [0.2, 0.25) is 0 Å². The van der Waals surface area contributed by atoms with Crippen LogP contribution >= 0.6 is 0 Å². The number of anilines is 1. The highest BCUT2D eigenvalue weighted by Crippen LogP contribution is 2.32. The fourth-order valence-electron chi connectivity index (χ4n) is 3.23. The second kappa shape index (κ2) is 8.68. The SMILES string of the molecule is O=C(NCC1CCN(CC(F)(F)F)CC1)C(=O)Nc1ccc2c(c1)OCCO2. The Morgan fingerprint density at radius 2 is 1.75 bits per heavy atom. The van der Waals surface area contributed by atoms with Gasteiger partial charge in [0.25, 0.3) is 0 Å². The lowest BCUT2D eigenvalue weighted by atomic mass is 9.97. The van der Waals surface area contributed by atoms with Crippen molar-refractivity contribution in [2.24, 2.45) is 5.92 Å². The lowest BCUT2D eigenvalue weighted by Crippen LogP contribution is -2.44. The number of carbonyl (C=O) groups is 2. The third kappa shape index (κ3) is 5.75. The van der Waals surface area contributed by atoms with Crippen molar-refractivity contribution in [1.29, 1.82) is 0 Å². The van der Waals surface area contributed by atoms with Crippen LogP contribution in [0.5, 0.6) is 11.5 Å². The van der Waals surface area contributed by atoms with Crippen molar-refractivity contribution in [3.8, 4) is 11.5 Å². The number of fused-ring (bicyclic) bond motifs is 1. The number of rotatable bonds is 4. The highest BCUT2D eigenvalue weighted by atomic mass is 19.4. The van der Waals surface area contributed by atoms with Gasteiger partial charge in [0.15, 0.2) is 11.5 Å². The Morgan fingerprint density at radius 1 is 1.07 bits per heavy atom. The Bertz CT molecular complexity index is 719. The second-order valence-corrected chi connectivity index (χ2v) is 6.86. The van der Waals surface area contributed by atoms with Gasteiger partial charge >= 0.3 is 18.0 Å². The van der Waals surface area contributed by atoms with Gasteiger partial charge in [-0.25, -0.2) is 0 Å². The van der Waals surface area contributed by atoms with E-state index in [0.717, 1.165) is 0 Å². The smallest absolute Gasteiger partial charge is 0.401 e. The van der Waals surface area contributed by atoms with Crippen LogP contribution in [0.4, 0.5) is 18.9 Å². The molecular formula is C18H22F3N3O4. The number of hydrogen-bond acceptors (Lipinski definition) is 5. The third-order valence-corrected chi connectivity index (χ3v) is 4.67. The summed E-state index contributed by atoms with van der Waals surface area (Å²) in [5.41, 5.74) is 0.407. The Balaban J connectivity index is 1.41. The number of likely N-dealkylation sites (tertiary alicyclic amines) is 1. The molecule has 1 aromatic carbocycles. The van der Waals surface area contributed by atoms with Gasteiger partial charge < -0.3 is 20.1 Å². The fraction of sp³-hybridized carbons (Fsp3) is 0.556. The Kier molecular flexibility index (Phi) is 6.28. The second-order valence-electron chi connectivity index (χ2n) is 6.86. The molecule has 2 heterocycles. The number of nitrogens with zero attached hydrogens (tertiary/aromatic N) is 1. The third-order valence-electron chi connectivity index (χ3n) is 4.67. The van der Waals surface area contributed by atoms with E-state index in [2.05, 4.69) is 10.6 Å². The maximum Gasteiger partial charge on any atom is 0.401 e. The van der Waals surface area contributed by atoms with Crippen molar-refractivity contribution >= 4 is 17.5 Å². The van der Waals surface area contributed by atoms with Crippen molar-refractivity contribution in [1.82, 2.24) is 10.2 Å². The average molecular weight is 401 g/mol. The summed E-state index contributed by atoms with van der Waals surface area (Å²) in [7, 11) is 0. The van der Waals surface area contributed by atoms with E-state index in [9.17, 15) is 22.8 Å². The van der Waals surface area contributed by atoms with Crippen LogP contribution < -0.4 is 20.1 Å². The van der Waals surface area contributed by atoms with Gasteiger partial charge in [-0.3, -0.25) is 14.5 Å². The predicted octanol–water partition coefficient (Wildman–Crippen LogP) is 1.79. The van der Waals surface area contributed by atoms with Crippen LogP contribution in [-0.2, 0) is 9.59 Å². The van der Waals surface area contributed by atoms with Gasteiger partial charge in [0.1, 0.15) is 13.2 Å². The number of nitrogens with one attached hydrogen (secondary N) is 2.